The molecule has 204 valence electrons. The normalized spacial score (nSPS) is 24.7. The van der Waals surface area contributed by atoms with Crippen molar-refractivity contribution in [3.63, 3.8) is 0 Å². The molecule has 1 saturated carbocycles. The number of ether oxygens (including phenoxy) is 1. The third-order valence-electron chi connectivity index (χ3n) is 8.48. The van der Waals surface area contributed by atoms with Gasteiger partial charge in [-0.05, 0) is 72.8 Å². The summed E-state index contributed by atoms with van der Waals surface area (Å²) in [5, 5.41) is 0. The van der Waals surface area contributed by atoms with Gasteiger partial charge in [0.15, 0.2) is 11.6 Å². The summed E-state index contributed by atoms with van der Waals surface area (Å²) in [4.78, 5) is 0. The Morgan fingerprint density at radius 2 is 1.41 bits per heavy atom. The van der Waals surface area contributed by atoms with Gasteiger partial charge in [-0.2, -0.15) is 0 Å². The summed E-state index contributed by atoms with van der Waals surface area (Å²) in [7, 11) is -0.425. The average Bonchev–Trinajstić information content (AvgIpc) is 2.85. The van der Waals surface area contributed by atoms with E-state index in [0.29, 0.717) is 12.1 Å². The highest BCUT2D eigenvalue weighted by molar-refractivity contribution is 6.58. The van der Waals surface area contributed by atoms with Crippen molar-refractivity contribution in [3.8, 4) is 16.9 Å². The Bertz CT molecular complexity index is 1020. The molecule has 1 heterocycles. The Balaban J connectivity index is 1.31. The quantitative estimate of drug-likeness (QED) is 0.238. The molecule has 0 aromatic heterocycles. The van der Waals surface area contributed by atoms with Gasteiger partial charge in [-0.25, -0.2) is 13.2 Å². The minimum atomic E-state index is -5.23. The maximum absolute atomic E-state index is 15.0. The molecule has 37 heavy (non-hydrogen) atoms. The van der Waals surface area contributed by atoms with Crippen LogP contribution in [0.5, 0.6) is 5.75 Å². The van der Waals surface area contributed by atoms with Gasteiger partial charge in [0.1, 0.15) is 5.82 Å². The second-order valence-electron chi connectivity index (χ2n) is 11.0. The monoisotopic (exact) mass is 542 g/mol. The highest BCUT2D eigenvalue weighted by Crippen LogP contribution is 2.41. The predicted molar refractivity (Wildman–Crippen MR) is 137 cm³/mol. The van der Waals surface area contributed by atoms with Crippen LogP contribution in [0, 0.1) is 29.3 Å². The van der Waals surface area contributed by atoms with Crippen molar-refractivity contribution in [3.05, 3.63) is 53.3 Å². The molecule has 0 radical (unpaired) electrons. The molecule has 2 aliphatic rings. The van der Waals surface area contributed by atoms with Crippen LogP contribution in [0.1, 0.15) is 76.2 Å². The second kappa shape index (κ2) is 12.3. The molecule has 2 aromatic carbocycles. The molecule has 0 spiro atoms. The van der Waals surface area contributed by atoms with E-state index in [0.717, 1.165) is 43.1 Å². The molecule has 1 nitrogen and oxygen atoms in total. The van der Waals surface area contributed by atoms with Gasteiger partial charge in [-0.1, -0.05) is 69.3 Å². The summed E-state index contributed by atoms with van der Waals surface area (Å²) in [6.07, 6.45) is 5.86. The second-order valence-corrected chi connectivity index (χ2v) is 14.5. The molecule has 1 aliphatic carbocycles. The van der Waals surface area contributed by atoms with E-state index < -0.39 is 38.4 Å². The van der Waals surface area contributed by atoms with Crippen molar-refractivity contribution in [1.29, 1.82) is 0 Å². The zero-order valence-corrected chi connectivity index (χ0v) is 22.5. The Hall–Kier alpha value is -1.96. The van der Waals surface area contributed by atoms with Crippen LogP contribution in [-0.4, -0.2) is 15.2 Å². The van der Waals surface area contributed by atoms with Gasteiger partial charge in [-0.3, -0.25) is 0 Å². The smallest absolute Gasteiger partial charge is 0.399 e. The van der Waals surface area contributed by atoms with E-state index in [4.69, 9.17) is 0 Å². The van der Waals surface area contributed by atoms with E-state index in [-0.39, 0.29) is 17.0 Å². The molecular weight excluding hydrogens is 506 g/mol. The lowest BCUT2D eigenvalue weighted by atomic mass is 9.76. The third-order valence-corrected chi connectivity index (χ3v) is 12.2. The SMILES string of the molecule is CCC[Si@H]1CC[C@H](CC[C@H]2CC[C@H](c3ccc(-c4cc(F)c(OC(F)(F)F)c(F)c4)c(F)c3)CC2)CC1. The standard InChI is InChI=1S/C29H36F6OSi/c1-2-13-37-14-11-20(12-15-37)4-3-19-5-7-21(8-6-19)22-9-10-24(25(30)16-22)23-17-26(31)28(27(32)18-23)36-29(33,34)35/h9-10,16-21,37H,2-8,11-15H2,1H3/t19-,20-,21-,37-. The van der Waals surface area contributed by atoms with E-state index in [9.17, 15) is 26.3 Å². The van der Waals surface area contributed by atoms with Crippen molar-refractivity contribution < 1.29 is 31.1 Å². The first-order chi connectivity index (χ1) is 17.6. The summed E-state index contributed by atoms with van der Waals surface area (Å²) in [6.45, 7) is 2.30. The Labute approximate surface area is 217 Å². The molecule has 0 bridgehead atoms. The van der Waals surface area contributed by atoms with Gasteiger partial charge >= 0.3 is 6.36 Å². The molecule has 1 saturated heterocycles. The molecule has 2 aromatic rings. The van der Waals surface area contributed by atoms with Crippen molar-refractivity contribution in [2.75, 3.05) is 0 Å². The molecule has 4 rings (SSSR count). The molecule has 1 aliphatic heterocycles. The van der Waals surface area contributed by atoms with Gasteiger partial charge < -0.3 is 4.74 Å². The Morgan fingerprint density at radius 3 is 1.95 bits per heavy atom. The van der Waals surface area contributed by atoms with Gasteiger partial charge in [0.05, 0.1) is 0 Å². The zero-order chi connectivity index (χ0) is 26.6. The van der Waals surface area contributed by atoms with E-state index >= 15 is 0 Å². The molecule has 8 heteroatoms. The van der Waals surface area contributed by atoms with Crippen LogP contribution in [-0.2, 0) is 0 Å². The highest BCUT2D eigenvalue weighted by Gasteiger charge is 2.34. The number of halogens is 6. The van der Waals surface area contributed by atoms with E-state index in [1.807, 2.05) is 0 Å². The predicted octanol–water partition coefficient (Wildman–Crippen LogP) is 9.77. The van der Waals surface area contributed by atoms with Crippen LogP contribution < -0.4 is 4.74 Å². The van der Waals surface area contributed by atoms with E-state index in [1.54, 1.807) is 6.07 Å². The minimum Gasteiger partial charge on any atom is -0.399 e. The zero-order valence-electron chi connectivity index (χ0n) is 21.4. The maximum atomic E-state index is 15.0. The third kappa shape index (κ3) is 7.55. The molecule has 0 amide bonds. The van der Waals surface area contributed by atoms with Crippen molar-refractivity contribution in [2.24, 2.45) is 11.8 Å². The maximum Gasteiger partial charge on any atom is 0.573 e. The highest BCUT2D eigenvalue weighted by atomic mass is 28.3. The lowest BCUT2D eigenvalue weighted by molar-refractivity contribution is -0.276. The number of hydrogen-bond acceptors (Lipinski definition) is 1. The first-order valence-electron chi connectivity index (χ1n) is 13.7. The summed E-state index contributed by atoms with van der Waals surface area (Å²) < 4.78 is 83.7. The minimum absolute atomic E-state index is 0.0643. The summed E-state index contributed by atoms with van der Waals surface area (Å²) in [6, 6.07) is 10.5. The summed E-state index contributed by atoms with van der Waals surface area (Å²) >= 11 is 0. The van der Waals surface area contributed by atoms with E-state index in [2.05, 4.69) is 11.7 Å². The number of rotatable bonds is 8. The van der Waals surface area contributed by atoms with Crippen molar-refractivity contribution in [1.82, 2.24) is 0 Å². The molecule has 0 N–H and O–H groups in total. The molecule has 0 unspecified atom stereocenters. The first kappa shape index (κ1) is 28.1. The number of hydrogen-bond donors (Lipinski definition) is 0. The Kier molecular flexibility index (Phi) is 9.30. The van der Waals surface area contributed by atoms with Crippen LogP contribution in [0.15, 0.2) is 30.3 Å². The lowest BCUT2D eigenvalue weighted by Gasteiger charge is -2.32. The van der Waals surface area contributed by atoms with Gasteiger partial charge in [0.25, 0.3) is 0 Å². The fourth-order valence-electron chi connectivity index (χ4n) is 6.42. The molecular formula is C29H36F6OSi. The lowest BCUT2D eigenvalue weighted by Crippen LogP contribution is -2.22. The van der Waals surface area contributed by atoms with Crippen LogP contribution >= 0.6 is 0 Å². The number of benzene rings is 2. The van der Waals surface area contributed by atoms with E-state index in [1.165, 1.54) is 62.4 Å². The largest absolute Gasteiger partial charge is 0.573 e. The van der Waals surface area contributed by atoms with Gasteiger partial charge in [0.2, 0.25) is 5.75 Å². The fraction of sp³-hybridized carbons (Fsp3) is 0.586. The first-order valence-corrected chi connectivity index (χ1v) is 16.1. The van der Waals surface area contributed by atoms with Gasteiger partial charge in [0, 0.05) is 14.4 Å². The van der Waals surface area contributed by atoms with Crippen molar-refractivity contribution >= 4 is 8.80 Å². The van der Waals surface area contributed by atoms with Crippen LogP contribution in [0.3, 0.4) is 0 Å². The number of alkyl halides is 3. The Morgan fingerprint density at radius 1 is 0.811 bits per heavy atom. The van der Waals surface area contributed by atoms with Crippen LogP contribution in [0.4, 0.5) is 26.3 Å². The molecule has 2 fully saturated rings. The average molecular weight is 543 g/mol. The summed E-state index contributed by atoms with van der Waals surface area (Å²) in [5.74, 6) is -3.39. The van der Waals surface area contributed by atoms with Crippen LogP contribution in [0.25, 0.3) is 11.1 Å². The van der Waals surface area contributed by atoms with Crippen molar-refractivity contribution in [2.45, 2.75) is 95.1 Å². The fourth-order valence-corrected chi connectivity index (χ4v) is 9.99. The summed E-state index contributed by atoms with van der Waals surface area (Å²) in [5.41, 5.74) is 0.617. The molecule has 0 atom stereocenters. The topological polar surface area (TPSA) is 9.23 Å². The van der Waals surface area contributed by atoms with Gasteiger partial charge in [-0.15, -0.1) is 13.2 Å². The van der Waals surface area contributed by atoms with Crippen LogP contribution in [0.2, 0.25) is 18.1 Å².